The van der Waals surface area contributed by atoms with Gasteiger partial charge in [0.25, 0.3) is 5.91 Å². The predicted octanol–water partition coefficient (Wildman–Crippen LogP) is 5.84. The van der Waals surface area contributed by atoms with Gasteiger partial charge in [-0.05, 0) is 72.9 Å². The van der Waals surface area contributed by atoms with Gasteiger partial charge in [-0.15, -0.1) is 0 Å². The summed E-state index contributed by atoms with van der Waals surface area (Å²) < 4.78 is 12.0. The minimum atomic E-state index is -0.835. The van der Waals surface area contributed by atoms with Gasteiger partial charge in [0.1, 0.15) is 23.5 Å². The van der Waals surface area contributed by atoms with Crippen LogP contribution in [0.4, 0.5) is 0 Å². The van der Waals surface area contributed by atoms with Crippen LogP contribution >= 0.6 is 0 Å². The normalized spacial score (nSPS) is 25.9. The Kier molecular flexibility index (Phi) is 6.25. The van der Waals surface area contributed by atoms with Crippen molar-refractivity contribution in [3.8, 4) is 11.5 Å². The monoisotopic (exact) mass is 538 g/mol. The van der Waals surface area contributed by atoms with Crippen molar-refractivity contribution in [2.24, 2.45) is 11.8 Å². The van der Waals surface area contributed by atoms with Crippen LogP contribution in [0.5, 0.6) is 11.5 Å². The predicted molar refractivity (Wildman–Crippen MR) is 153 cm³/mol. The van der Waals surface area contributed by atoms with E-state index in [2.05, 4.69) is 37.4 Å². The Labute approximate surface area is 236 Å². The van der Waals surface area contributed by atoms with Gasteiger partial charge < -0.3 is 19.7 Å². The summed E-state index contributed by atoms with van der Waals surface area (Å²) in [4.78, 5) is 29.6. The topological polar surface area (TPSA) is 67.9 Å². The first-order chi connectivity index (χ1) is 19.4. The molecule has 6 heteroatoms. The van der Waals surface area contributed by atoms with E-state index in [9.17, 15) is 9.59 Å². The SMILES string of the molecule is CC1C=C2C(=CC1)N(Cc1cccc(C(=O)N[C@@H](C)C3CCCCC3)c1)C(=O)C21COc2cc3c(cc21)CCO3. The Balaban J connectivity index is 1.17. The highest BCUT2D eigenvalue weighted by Crippen LogP contribution is 2.55. The van der Waals surface area contributed by atoms with Crippen LogP contribution in [0.3, 0.4) is 0 Å². The molecule has 2 aromatic carbocycles. The average molecular weight is 539 g/mol. The van der Waals surface area contributed by atoms with E-state index in [4.69, 9.17) is 9.47 Å². The number of carbonyl (C=O) groups excluding carboxylic acids is 2. The second-order valence-corrected chi connectivity index (χ2v) is 12.4. The smallest absolute Gasteiger partial charge is 0.251 e. The standard InChI is InChI=1S/C34H38N2O4/c1-21-11-12-29-27(15-21)34(20-40-31-18-30-25(13-14-39-30)17-28(31)34)33(38)36(29)19-23-7-6-10-26(16-23)32(37)35-22(2)24-8-4-3-5-9-24/h6-7,10,12,15-18,21-22,24H,3-5,8-9,11,13-14,19-20H2,1-2H3,(H,35,37)/t21?,22-,34?/m0/s1. The van der Waals surface area contributed by atoms with Gasteiger partial charge in [0, 0.05) is 35.4 Å². The van der Waals surface area contributed by atoms with E-state index >= 15 is 0 Å². The third kappa shape index (κ3) is 4.06. The zero-order valence-electron chi connectivity index (χ0n) is 23.5. The Hall–Kier alpha value is -3.54. The lowest BCUT2D eigenvalue weighted by molar-refractivity contribution is -0.132. The van der Waals surface area contributed by atoms with Crippen LogP contribution in [0.25, 0.3) is 0 Å². The number of benzene rings is 2. The van der Waals surface area contributed by atoms with Crippen molar-refractivity contribution in [1.82, 2.24) is 10.2 Å². The van der Waals surface area contributed by atoms with E-state index in [0.29, 0.717) is 37.2 Å². The average Bonchev–Trinajstić information content (AvgIpc) is 3.65. The second-order valence-electron chi connectivity index (χ2n) is 12.4. The molecule has 6 nitrogen and oxygen atoms in total. The molecule has 3 atom stereocenters. The van der Waals surface area contributed by atoms with Gasteiger partial charge in [-0.1, -0.05) is 50.5 Å². The third-order valence-electron chi connectivity index (χ3n) is 9.71. The molecule has 40 heavy (non-hydrogen) atoms. The van der Waals surface area contributed by atoms with Crippen molar-refractivity contribution in [1.29, 1.82) is 0 Å². The lowest BCUT2D eigenvalue weighted by Gasteiger charge is -2.28. The van der Waals surface area contributed by atoms with Crippen LogP contribution in [0.1, 0.15) is 79.4 Å². The number of allylic oxidation sites excluding steroid dienone is 3. The number of rotatable bonds is 5. The number of hydrogen-bond acceptors (Lipinski definition) is 4. The van der Waals surface area contributed by atoms with Crippen LogP contribution < -0.4 is 14.8 Å². The largest absolute Gasteiger partial charge is 0.493 e. The first kappa shape index (κ1) is 25.4. The van der Waals surface area contributed by atoms with Crippen LogP contribution in [0.2, 0.25) is 0 Å². The van der Waals surface area contributed by atoms with Gasteiger partial charge in [-0.2, -0.15) is 0 Å². The highest BCUT2D eigenvalue weighted by molar-refractivity contribution is 6.01. The zero-order valence-corrected chi connectivity index (χ0v) is 23.5. The molecule has 2 fully saturated rings. The maximum Gasteiger partial charge on any atom is 0.251 e. The summed E-state index contributed by atoms with van der Waals surface area (Å²) in [5.74, 6) is 2.53. The fourth-order valence-electron chi connectivity index (χ4n) is 7.43. The molecule has 3 aliphatic heterocycles. The Morgan fingerprint density at radius 2 is 1.98 bits per heavy atom. The van der Waals surface area contributed by atoms with E-state index in [0.717, 1.165) is 52.3 Å². The minimum absolute atomic E-state index is 0.0374. The minimum Gasteiger partial charge on any atom is -0.493 e. The van der Waals surface area contributed by atoms with Crippen LogP contribution in [-0.2, 0) is 23.2 Å². The Morgan fingerprint density at radius 1 is 1.12 bits per heavy atom. The summed E-state index contributed by atoms with van der Waals surface area (Å²) in [6.45, 7) is 5.72. The molecule has 7 rings (SSSR count). The number of nitrogens with one attached hydrogen (secondary N) is 1. The lowest BCUT2D eigenvalue weighted by Crippen LogP contribution is -2.40. The highest BCUT2D eigenvalue weighted by atomic mass is 16.5. The summed E-state index contributed by atoms with van der Waals surface area (Å²) in [5, 5.41) is 3.25. The number of likely N-dealkylation sites (tertiary alicyclic amines) is 1. The van der Waals surface area contributed by atoms with Crippen LogP contribution in [0, 0.1) is 11.8 Å². The second kappa shape index (κ2) is 9.83. The van der Waals surface area contributed by atoms with Gasteiger partial charge in [0.2, 0.25) is 5.91 Å². The molecule has 208 valence electrons. The number of fused-ring (bicyclic) bond motifs is 5. The fraction of sp³-hybridized carbons (Fsp3) is 0.471. The molecular weight excluding hydrogens is 500 g/mol. The van der Waals surface area contributed by atoms with E-state index in [-0.39, 0.29) is 17.9 Å². The van der Waals surface area contributed by atoms with Gasteiger partial charge in [0.15, 0.2) is 0 Å². The summed E-state index contributed by atoms with van der Waals surface area (Å²) >= 11 is 0. The first-order valence-corrected chi connectivity index (χ1v) is 15.0. The first-order valence-electron chi connectivity index (χ1n) is 15.0. The molecule has 1 N–H and O–H groups in total. The number of ether oxygens (including phenoxy) is 2. The summed E-state index contributed by atoms with van der Waals surface area (Å²) in [6, 6.07) is 12.0. The molecule has 2 unspecified atom stereocenters. The van der Waals surface area contributed by atoms with Crippen molar-refractivity contribution in [2.75, 3.05) is 13.2 Å². The van der Waals surface area contributed by atoms with Crippen LogP contribution in [0.15, 0.2) is 59.8 Å². The number of carbonyl (C=O) groups is 2. The van der Waals surface area contributed by atoms with Crippen molar-refractivity contribution in [3.63, 3.8) is 0 Å². The molecule has 1 saturated carbocycles. The third-order valence-corrected chi connectivity index (χ3v) is 9.71. The van der Waals surface area contributed by atoms with Crippen molar-refractivity contribution >= 4 is 11.8 Å². The molecular formula is C34H38N2O4. The van der Waals surface area contributed by atoms with Gasteiger partial charge in [0.05, 0.1) is 13.2 Å². The van der Waals surface area contributed by atoms with E-state index in [1.807, 2.05) is 35.2 Å². The fourth-order valence-corrected chi connectivity index (χ4v) is 7.43. The molecule has 1 spiro atoms. The Bertz CT molecular complexity index is 1440. The summed E-state index contributed by atoms with van der Waals surface area (Å²) in [5.41, 5.74) is 4.91. The number of hydrogen-bond donors (Lipinski definition) is 1. The van der Waals surface area contributed by atoms with Crippen molar-refractivity contribution < 1.29 is 19.1 Å². The van der Waals surface area contributed by atoms with E-state index in [1.165, 1.54) is 32.1 Å². The van der Waals surface area contributed by atoms with E-state index in [1.54, 1.807) is 0 Å². The van der Waals surface area contributed by atoms with Crippen molar-refractivity contribution in [2.45, 2.75) is 76.8 Å². The highest BCUT2D eigenvalue weighted by Gasteiger charge is 2.59. The van der Waals surface area contributed by atoms with Crippen molar-refractivity contribution in [3.05, 3.63) is 82.1 Å². The van der Waals surface area contributed by atoms with Gasteiger partial charge in [-0.3, -0.25) is 9.59 Å². The number of nitrogens with zero attached hydrogens (tertiary/aromatic N) is 1. The molecule has 0 bridgehead atoms. The maximum atomic E-state index is 14.5. The number of amides is 2. The summed E-state index contributed by atoms with van der Waals surface area (Å²) in [7, 11) is 0. The Morgan fingerprint density at radius 3 is 2.83 bits per heavy atom. The molecule has 0 aromatic heterocycles. The van der Waals surface area contributed by atoms with Gasteiger partial charge in [-0.25, -0.2) is 0 Å². The molecule has 2 aromatic rings. The molecule has 2 amide bonds. The molecule has 5 aliphatic rings. The van der Waals surface area contributed by atoms with Crippen LogP contribution in [-0.4, -0.2) is 36.0 Å². The zero-order chi connectivity index (χ0) is 27.4. The quantitative estimate of drug-likeness (QED) is 0.519. The molecule has 2 aliphatic carbocycles. The molecule has 0 radical (unpaired) electrons. The molecule has 3 heterocycles. The lowest BCUT2D eigenvalue weighted by atomic mass is 9.73. The maximum absolute atomic E-state index is 14.5. The van der Waals surface area contributed by atoms with E-state index < -0.39 is 5.41 Å². The van der Waals surface area contributed by atoms with Gasteiger partial charge >= 0.3 is 0 Å². The summed E-state index contributed by atoms with van der Waals surface area (Å²) in [6.07, 6.45) is 12.4. The molecule has 1 saturated heterocycles.